The highest BCUT2D eigenvalue weighted by atomic mass is 16.2. The van der Waals surface area contributed by atoms with E-state index in [2.05, 4.69) is 6.07 Å². The van der Waals surface area contributed by atoms with E-state index < -0.39 is 0 Å². The molecule has 3 heteroatoms. The van der Waals surface area contributed by atoms with Gasteiger partial charge in [0.1, 0.15) is 6.04 Å². The molecule has 1 heterocycles. The van der Waals surface area contributed by atoms with Crippen molar-refractivity contribution in [3.8, 4) is 6.07 Å². The molecular formula is C11H10N2O. The number of carbonyl (C=O) groups excluding carboxylic acids is 1. The number of carbonyl (C=O) groups is 1. The van der Waals surface area contributed by atoms with Gasteiger partial charge in [0, 0.05) is 5.56 Å². The van der Waals surface area contributed by atoms with Crippen LogP contribution in [-0.2, 0) is 0 Å². The fourth-order valence-corrected chi connectivity index (χ4v) is 1.34. The zero-order chi connectivity index (χ0) is 10.1. The van der Waals surface area contributed by atoms with Crippen LogP contribution in [0.3, 0.4) is 0 Å². The van der Waals surface area contributed by atoms with Crippen molar-refractivity contribution in [3.05, 3.63) is 35.4 Å². The molecule has 1 aromatic rings. The monoisotopic (exact) mass is 186 g/mol. The van der Waals surface area contributed by atoms with Crippen LogP contribution in [0.1, 0.15) is 15.9 Å². The largest absolute Gasteiger partial charge is 0.318 e. The third-order valence-corrected chi connectivity index (χ3v) is 2.32. The smallest absolute Gasteiger partial charge is 0.255 e. The molecule has 1 unspecified atom stereocenters. The van der Waals surface area contributed by atoms with E-state index in [9.17, 15) is 4.79 Å². The van der Waals surface area contributed by atoms with Crippen LogP contribution in [0.4, 0.5) is 0 Å². The van der Waals surface area contributed by atoms with Crippen LogP contribution >= 0.6 is 0 Å². The molecule has 3 nitrogen and oxygen atoms in total. The maximum atomic E-state index is 11.7. The Morgan fingerprint density at radius 2 is 2.14 bits per heavy atom. The predicted octanol–water partition coefficient (Wildman–Crippen LogP) is 1.34. The van der Waals surface area contributed by atoms with Crippen molar-refractivity contribution in [1.29, 1.82) is 5.26 Å². The number of hydrogen-bond acceptors (Lipinski definition) is 2. The molecule has 1 saturated heterocycles. The fourth-order valence-electron chi connectivity index (χ4n) is 1.34. The van der Waals surface area contributed by atoms with Crippen LogP contribution in [0.15, 0.2) is 24.3 Å². The van der Waals surface area contributed by atoms with Gasteiger partial charge in [-0.05, 0) is 19.1 Å². The Labute approximate surface area is 82.6 Å². The van der Waals surface area contributed by atoms with Crippen LogP contribution in [0.25, 0.3) is 0 Å². The van der Waals surface area contributed by atoms with E-state index in [0.717, 1.165) is 5.56 Å². The summed E-state index contributed by atoms with van der Waals surface area (Å²) in [5.74, 6) is -0.0449. The molecule has 70 valence electrons. The van der Waals surface area contributed by atoms with E-state index in [1.807, 2.05) is 19.1 Å². The number of aryl methyl sites for hydroxylation is 1. The molecule has 0 spiro atoms. The molecular weight excluding hydrogens is 176 g/mol. The van der Waals surface area contributed by atoms with Gasteiger partial charge in [-0.15, -0.1) is 0 Å². The van der Waals surface area contributed by atoms with E-state index >= 15 is 0 Å². The predicted molar refractivity (Wildman–Crippen MR) is 51.6 cm³/mol. The average Bonchev–Trinajstić information content (AvgIpc) is 2.97. The Balaban J connectivity index is 2.14. The summed E-state index contributed by atoms with van der Waals surface area (Å²) in [6.07, 6.45) is 0. The van der Waals surface area contributed by atoms with Gasteiger partial charge in [0.15, 0.2) is 0 Å². The van der Waals surface area contributed by atoms with Gasteiger partial charge in [0.25, 0.3) is 5.91 Å². The number of hydrogen-bond donors (Lipinski definition) is 0. The lowest BCUT2D eigenvalue weighted by Crippen LogP contribution is -2.12. The maximum absolute atomic E-state index is 11.7. The minimum absolute atomic E-state index is 0.0449. The third-order valence-electron chi connectivity index (χ3n) is 2.32. The Bertz CT molecular complexity index is 402. The number of benzene rings is 1. The Hall–Kier alpha value is -1.82. The zero-order valence-electron chi connectivity index (χ0n) is 7.90. The van der Waals surface area contributed by atoms with Gasteiger partial charge < -0.3 is 4.90 Å². The van der Waals surface area contributed by atoms with E-state index in [0.29, 0.717) is 12.1 Å². The van der Waals surface area contributed by atoms with Crippen molar-refractivity contribution in [1.82, 2.24) is 4.90 Å². The second-order valence-electron chi connectivity index (χ2n) is 3.47. The lowest BCUT2D eigenvalue weighted by Gasteiger charge is -2.01. The first-order valence-corrected chi connectivity index (χ1v) is 4.49. The van der Waals surface area contributed by atoms with Gasteiger partial charge in [-0.1, -0.05) is 17.7 Å². The molecule has 1 aliphatic heterocycles. The van der Waals surface area contributed by atoms with Crippen molar-refractivity contribution in [2.45, 2.75) is 13.0 Å². The number of rotatable bonds is 1. The summed E-state index contributed by atoms with van der Waals surface area (Å²) in [6.45, 7) is 2.55. The van der Waals surface area contributed by atoms with Crippen LogP contribution in [0.2, 0.25) is 0 Å². The van der Waals surface area contributed by atoms with Gasteiger partial charge in [-0.3, -0.25) is 4.79 Å². The highest BCUT2D eigenvalue weighted by molar-refractivity contribution is 5.96. The minimum atomic E-state index is -0.205. The zero-order valence-corrected chi connectivity index (χ0v) is 7.90. The molecule has 0 radical (unpaired) electrons. The molecule has 14 heavy (non-hydrogen) atoms. The van der Waals surface area contributed by atoms with E-state index in [4.69, 9.17) is 5.26 Å². The van der Waals surface area contributed by atoms with Gasteiger partial charge in [-0.25, -0.2) is 0 Å². The Morgan fingerprint density at radius 3 is 2.64 bits per heavy atom. The average molecular weight is 186 g/mol. The molecule has 0 aliphatic carbocycles. The van der Waals surface area contributed by atoms with E-state index in [-0.39, 0.29) is 11.9 Å². The standard InChI is InChI=1S/C11H10N2O/c1-8-2-4-9(5-3-8)11(14)13-7-10(13)6-12/h2-5,10H,7H2,1H3. The second-order valence-corrected chi connectivity index (χ2v) is 3.47. The molecule has 1 atom stereocenters. The number of nitrogens with zero attached hydrogens (tertiary/aromatic N) is 2. The summed E-state index contributed by atoms with van der Waals surface area (Å²) in [5, 5.41) is 8.57. The molecule has 0 N–H and O–H groups in total. The van der Waals surface area contributed by atoms with Gasteiger partial charge in [0.05, 0.1) is 12.6 Å². The lowest BCUT2D eigenvalue weighted by molar-refractivity contribution is 0.0879. The normalized spacial score (nSPS) is 18.9. The van der Waals surface area contributed by atoms with Crippen LogP contribution < -0.4 is 0 Å². The highest BCUT2D eigenvalue weighted by Crippen LogP contribution is 2.20. The second kappa shape index (κ2) is 3.15. The van der Waals surface area contributed by atoms with Crippen LogP contribution in [0, 0.1) is 18.3 Å². The molecule has 0 bridgehead atoms. The van der Waals surface area contributed by atoms with Crippen LogP contribution in [-0.4, -0.2) is 23.4 Å². The molecule has 1 fully saturated rings. The Kier molecular flexibility index (Phi) is 1.97. The molecule has 0 aromatic heterocycles. The first kappa shape index (κ1) is 8.76. The van der Waals surface area contributed by atoms with Gasteiger partial charge in [-0.2, -0.15) is 5.26 Å². The first-order chi connectivity index (χ1) is 6.72. The van der Waals surface area contributed by atoms with Crippen molar-refractivity contribution >= 4 is 5.91 Å². The molecule has 0 saturated carbocycles. The van der Waals surface area contributed by atoms with Crippen LogP contribution in [0.5, 0.6) is 0 Å². The first-order valence-electron chi connectivity index (χ1n) is 4.49. The van der Waals surface area contributed by atoms with Crippen molar-refractivity contribution in [2.75, 3.05) is 6.54 Å². The van der Waals surface area contributed by atoms with E-state index in [1.165, 1.54) is 0 Å². The SMILES string of the molecule is Cc1ccc(C(=O)N2CC2C#N)cc1. The summed E-state index contributed by atoms with van der Waals surface area (Å²) in [6, 6.07) is 9.25. The molecule has 1 amide bonds. The summed E-state index contributed by atoms with van der Waals surface area (Å²) in [7, 11) is 0. The van der Waals surface area contributed by atoms with Crippen molar-refractivity contribution < 1.29 is 4.79 Å². The maximum Gasteiger partial charge on any atom is 0.255 e. The summed E-state index contributed by atoms with van der Waals surface area (Å²) < 4.78 is 0. The van der Waals surface area contributed by atoms with E-state index in [1.54, 1.807) is 17.0 Å². The van der Waals surface area contributed by atoms with Gasteiger partial charge in [0.2, 0.25) is 0 Å². The van der Waals surface area contributed by atoms with Crippen molar-refractivity contribution in [3.63, 3.8) is 0 Å². The minimum Gasteiger partial charge on any atom is -0.318 e. The summed E-state index contributed by atoms with van der Waals surface area (Å²) >= 11 is 0. The topological polar surface area (TPSA) is 43.9 Å². The Morgan fingerprint density at radius 1 is 1.50 bits per heavy atom. The number of nitriles is 1. The third kappa shape index (κ3) is 1.47. The molecule has 1 aromatic carbocycles. The molecule has 2 rings (SSSR count). The molecule has 1 aliphatic rings. The highest BCUT2D eigenvalue weighted by Gasteiger charge is 2.38. The summed E-state index contributed by atoms with van der Waals surface area (Å²) in [4.78, 5) is 13.2. The quantitative estimate of drug-likeness (QED) is 0.621. The lowest BCUT2D eigenvalue weighted by atomic mass is 10.1. The van der Waals surface area contributed by atoms with Crippen molar-refractivity contribution in [2.24, 2.45) is 0 Å². The van der Waals surface area contributed by atoms with Gasteiger partial charge >= 0.3 is 0 Å². The fraction of sp³-hybridized carbons (Fsp3) is 0.273. The summed E-state index contributed by atoms with van der Waals surface area (Å²) in [5.41, 5.74) is 1.79. The number of amides is 1.